The van der Waals surface area contributed by atoms with Crippen molar-refractivity contribution >= 4 is 27.4 Å². The Balaban J connectivity index is 1.75. The van der Waals surface area contributed by atoms with E-state index in [0.29, 0.717) is 17.1 Å². The van der Waals surface area contributed by atoms with Crippen LogP contribution in [0.15, 0.2) is 59.6 Å². The number of hydrogen-bond acceptors (Lipinski definition) is 5. The van der Waals surface area contributed by atoms with Crippen LogP contribution >= 0.6 is 0 Å². The van der Waals surface area contributed by atoms with E-state index in [9.17, 15) is 17.6 Å². The molecular weight excluding hydrogens is 397 g/mol. The number of pyridine rings is 1. The van der Waals surface area contributed by atoms with Gasteiger partial charge >= 0.3 is 0 Å². The van der Waals surface area contributed by atoms with Crippen LogP contribution < -0.4 is 14.4 Å². The third kappa shape index (κ3) is 3.40. The molecule has 7 nitrogen and oxygen atoms in total. The van der Waals surface area contributed by atoms with Gasteiger partial charge in [-0.1, -0.05) is 6.07 Å². The highest BCUT2D eigenvalue weighted by Crippen LogP contribution is 2.37. The fourth-order valence-electron chi connectivity index (χ4n) is 2.96. The molecule has 2 heterocycles. The lowest BCUT2D eigenvalue weighted by Crippen LogP contribution is -2.26. The largest absolute Gasteiger partial charge is 0.453 e. The number of aromatic nitrogens is 1. The third-order valence-corrected chi connectivity index (χ3v) is 5.81. The maximum Gasteiger partial charge on any atom is 0.263 e. The number of aryl methyl sites for hydroxylation is 1. The molecule has 3 aromatic rings. The van der Waals surface area contributed by atoms with Crippen LogP contribution in [0.1, 0.15) is 15.9 Å². The first-order chi connectivity index (χ1) is 13.8. The highest BCUT2D eigenvalue weighted by Gasteiger charge is 2.28. The van der Waals surface area contributed by atoms with Gasteiger partial charge in [0.25, 0.3) is 15.9 Å². The van der Waals surface area contributed by atoms with Gasteiger partial charge in [-0.2, -0.15) is 0 Å². The topological polar surface area (TPSA) is 88.6 Å². The van der Waals surface area contributed by atoms with Crippen molar-refractivity contribution in [2.24, 2.45) is 0 Å². The number of halogens is 1. The molecule has 9 heteroatoms. The Morgan fingerprint density at radius 1 is 1.10 bits per heavy atom. The second-order valence-corrected chi connectivity index (χ2v) is 8.22. The van der Waals surface area contributed by atoms with Gasteiger partial charge in [0, 0.05) is 13.2 Å². The molecule has 0 fully saturated rings. The number of sulfonamides is 1. The lowest BCUT2D eigenvalue weighted by atomic mass is 10.2. The van der Waals surface area contributed by atoms with Gasteiger partial charge in [0.15, 0.2) is 11.6 Å². The molecule has 0 unspecified atom stereocenters. The molecule has 29 heavy (non-hydrogen) atoms. The van der Waals surface area contributed by atoms with Crippen LogP contribution in [0.2, 0.25) is 0 Å². The molecule has 4 rings (SSSR count). The van der Waals surface area contributed by atoms with E-state index >= 15 is 0 Å². The summed E-state index contributed by atoms with van der Waals surface area (Å²) >= 11 is 0. The second kappa shape index (κ2) is 6.85. The van der Waals surface area contributed by atoms with E-state index in [0.717, 1.165) is 0 Å². The van der Waals surface area contributed by atoms with Crippen LogP contribution in [0, 0.1) is 12.7 Å². The van der Waals surface area contributed by atoms with Crippen molar-refractivity contribution in [3.05, 3.63) is 71.7 Å². The summed E-state index contributed by atoms with van der Waals surface area (Å²) in [5.41, 5.74) is 0.579. The molecular formula is C20H16FN3O4S. The maximum atomic E-state index is 14.0. The summed E-state index contributed by atoms with van der Waals surface area (Å²) in [6.45, 7) is 1.72. The minimum Gasteiger partial charge on any atom is -0.453 e. The van der Waals surface area contributed by atoms with Crippen molar-refractivity contribution in [3.63, 3.8) is 0 Å². The minimum atomic E-state index is -4.14. The van der Waals surface area contributed by atoms with Gasteiger partial charge in [-0.25, -0.2) is 17.8 Å². The van der Waals surface area contributed by atoms with Gasteiger partial charge in [0.05, 0.1) is 16.1 Å². The molecule has 0 saturated carbocycles. The summed E-state index contributed by atoms with van der Waals surface area (Å²) in [5.74, 6) is -0.282. The highest BCUT2D eigenvalue weighted by molar-refractivity contribution is 7.92. The predicted octanol–water partition coefficient (Wildman–Crippen LogP) is 3.71. The molecule has 1 amide bonds. The Morgan fingerprint density at radius 3 is 2.69 bits per heavy atom. The number of carbonyl (C=O) groups excluding carboxylic acids is 1. The smallest absolute Gasteiger partial charge is 0.263 e. The van der Waals surface area contributed by atoms with E-state index in [1.165, 1.54) is 54.5 Å². The molecule has 0 radical (unpaired) electrons. The van der Waals surface area contributed by atoms with Crippen LogP contribution in [0.5, 0.6) is 11.5 Å². The maximum absolute atomic E-state index is 14.0. The molecule has 0 saturated heterocycles. The molecule has 1 aliphatic heterocycles. The Morgan fingerprint density at radius 2 is 1.90 bits per heavy atom. The lowest BCUT2D eigenvalue weighted by molar-refractivity contribution is 0.0992. The number of nitrogens with zero attached hydrogens (tertiary/aromatic N) is 2. The standard InChI is InChI=1S/C20H16FN3O4S/c1-12-5-7-15(21)16(10-12)23-29(26,27)13-6-8-17-14(11-13)20(25)24(2)19-18(28-17)4-3-9-22-19/h3-11,23H,1-2H3. The van der Waals surface area contributed by atoms with Crippen LogP contribution in [-0.2, 0) is 10.0 Å². The average Bonchev–Trinajstić information content (AvgIpc) is 2.79. The number of amides is 1. The quantitative estimate of drug-likeness (QED) is 0.707. The van der Waals surface area contributed by atoms with Crippen LogP contribution in [0.4, 0.5) is 15.9 Å². The Hall–Kier alpha value is -3.46. The van der Waals surface area contributed by atoms with Gasteiger partial charge in [0.1, 0.15) is 11.6 Å². The van der Waals surface area contributed by atoms with Crippen molar-refractivity contribution in [3.8, 4) is 11.5 Å². The second-order valence-electron chi connectivity index (χ2n) is 6.54. The summed E-state index contributed by atoms with van der Waals surface area (Å²) in [5, 5.41) is 0. The predicted molar refractivity (Wildman–Crippen MR) is 105 cm³/mol. The van der Waals surface area contributed by atoms with Crippen molar-refractivity contribution in [2.45, 2.75) is 11.8 Å². The normalized spacial score (nSPS) is 13.2. The zero-order valence-corrected chi connectivity index (χ0v) is 16.3. The van der Waals surface area contributed by atoms with Crippen LogP contribution in [-0.4, -0.2) is 26.4 Å². The van der Waals surface area contributed by atoms with Gasteiger partial charge in [0.2, 0.25) is 0 Å². The van der Waals surface area contributed by atoms with E-state index < -0.39 is 21.7 Å². The van der Waals surface area contributed by atoms with Gasteiger partial charge in [-0.3, -0.25) is 14.4 Å². The molecule has 148 valence electrons. The first-order valence-corrected chi connectivity index (χ1v) is 10.1. The summed E-state index contributed by atoms with van der Waals surface area (Å²) in [7, 11) is -2.62. The highest BCUT2D eigenvalue weighted by atomic mass is 32.2. The van der Waals surface area contributed by atoms with Crippen molar-refractivity contribution in [1.29, 1.82) is 0 Å². The van der Waals surface area contributed by atoms with E-state index in [1.54, 1.807) is 19.1 Å². The third-order valence-electron chi connectivity index (χ3n) is 4.45. The fraction of sp³-hybridized carbons (Fsp3) is 0.100. The molecule has 1 aromatic heterocycles. The molecule has 1 N–H and O–H groups in total. The summed E-state index contributed by atoms with van der Waals surface area (Å²) in [6.07, 6.45) is 1.53. The number of anilines is 2. The first kappa shape index (κ1) is 18.9. The molecule has 0 aliphatic carbocycles. The number of hydrogen-bond donors (Lipinski definition) is 1. The van der Waals surface area contributed by atoms with E-state index in [-0.39, 0.29) is 21.9 Å². The number of benzene rings is 2. The van der Waals surface area contributed by atoms with Crippen LogP contribution in [0.3, 0.4) is 0 Å². The van der Waals surface area contributed by atoms with E-state index in [2.05, 4.69) is 9.71 Å². The van der Waals surface area contributed by atoms with Crippen molar-refractivity contribution in [2.75, 3.05) is 16.7 Å². The summed E-state index contributed by atoms with van der Waals surface area (Å²) < 4.78 is 47.6. The number of rotatable bonds is 3. The fourth-order valence-corrected chi connectivity index (χ4v) is 4.05. The van der Waals surface area contributed by atoms with Gasteiger partial charge in [-0.05, 0) is 55.0 Å². The Kier molecular flexibility index (Phi) is 4.46. The molecule has 0 atom stereocenters. The van der Waals surface area contributed by atoms with E-state index in [1.807, 2.05) is 0 Å². The number of nitrogens with one attached hydrogen (secondary N) is 1. The summed E-state index contributed by atoms with van der Waals surface area (Å²) in [6, 6.07) is 11.3. The average molecular weight is 413 g/mol. The SMILES string of the molecule is Cc1ccc(F)c(NS(=O)(=O)c2ccc3c(c2)C(=O)N(C)c2ncccc2O3)c1. The van der Waals surface area contributed by atoms with Gasteiger partial charge < -0.3 is 4.74 Å². The zero-order valence-electron chi connectivity index (χ0n) is 15.5. The lowest BCUT2D eigenvalue weighted by Gasteiger charge is -2.14. The summed E-state index contributed by atoms with van der Waals surface area (Å²) in [4.78, 5) is 18.1. The number of ether oxygens (including phenoxy) is 1. The number of fused-ring (bicyclic) bond motifs is 2. The molecule has 0 spiro atoms. The Bertz CT molecular complexity index is 1240. The zero-order chi connectivity index (χ0) is 20.8. The van der Waals surface area contributed by atoms with Crippen molar-refractivity contribution in [1.82, 2.24) is 4.98 Å². The molecule has 0 bridgehead atoms. The van der Waals surface area contributed by atoms with Crippen molar-refractivity contribution < 1.29 is 22.3 Å². The minimum absolute atomic E-state index is 0.0538. The van der Waals surface area contributed by atoms with E-state index in [4.69, 9.17) is 4.74 Å². The van der Waals surface area contributed by atoms with Crippen LogP contribution in [0.25, 0.3) is 0 Å². The number of carbonyl (C=O) groups is 1. The van der Waals surface area contributed by atoms with Gasteiger partial charge in [-0.15, -0.1) is 0 Å². The molecule has 1 aliphatic rings. The Labute approximate surface area is 166 Å². The first-order valence-electron chi connectivity index (χ1n) is 8.60. The molecule has 2 aromatic carbocycles. The monoisotopic (exact) mass is 413 g/mol.